The fourth-order valence-corrected chi connectivity index (χ4v) is 5.81. The molecule has 1 amide bonds. The van der Waals surface area contributed by atoms with Crippen LogP contribution >= 0.6 is 11.3 Å². The molecule has 4 aromatic rings. The predicted octanol–water partition coefficient (Wildman–Crippen LogP) is 4.41. The predicted molar refractivity (Wildman–Crippen MR) is 142 cm³/mol. The van der Waals surface area contributed by atoms with Gasteiger partial charge in [0.2, 0.25) is 15.2 Å². The van der Waals surface area contributed by atoms with E-state index in [1.807, 2.05) is 25.1 Å². The summed E-state index contributed by atoms with van der Waals surface area (Å²) in [6.07, 6.45) is 3.02. The van der Waals surface area contributed by atoms with E-state index < -0.39 is 15.9 Å². The number of thiazole rings is 1. The van der Waals surface area contributed by atoms with Crippen LogP contribution in [0.3, 0.4) is 0 Å². The van der Waals surface area contributed by atoms with Crippen molar-refractivity contribution in [3.05, 3.63) is 85.1 Å². The molecule has 0 fully saturated rings. The summed E-state index contributed by atoms with van der Waals surface area (Å²) in [6.45, 7) is 9.34. The van der Waals surface area contributed by atoms with Crippen LogP contribution in [0.15, 0.2) is 78.7 Å². The van der Waals surface area contributed by atoms with E-state index in [4.69, 9.17) is 4.74 Å². The van der Waals surface area contributed by atoms with Gasteiger partial charge in [-0.2, -0.15) is 14.1 Å². The van der Waals surface area contributed by atoms with E-state index in [9.17, 15) is 13.2 Å². The van der Waals surface area contributed by atoms with Crippen LogP contribution in [0.25, 0.3) is 15.3 Å². The molecule has 0 saturated carbocycles. The number of aromatic nitrogens is 3. The van der Waals surface area contributed by atoms with Crippen molar-refractivity contribution in [2.24, 2.45) is 0 Å². The Morgan fingerprint density at radius 3 is 2.47 bits per heavy atom. The van der Waals surface area contributed by atoms with Crippen LogP contribution in [-0.2, 0) is 10.0 Å². The van der Waals surface area contributed by atoms with Gasteiger partial charge in [-0.25, -0.2) is 13.4 Å². The number of fused-ring (bicyclic) bond motifs is 1. The van der Waals surface area contributed by atoms with Crippen molar-refractivity contribution in [2.75, 3.05) is 25.5 Å². The molecule has 11 heteroatoms. The maximum Gasteiger partial charge on any atom is 0.256 e. The van der Waals surface area contributed by atoms with Crippen LogP contribution in [0.5, 0.6) is 5.75 Å². The number of carbonyl (C=O) groups excluding carboxylic acids is 1. The van der Waals surface area contributed by atoms with Gasteiger partial charge in [-0.15, -0.1) is 13.2 Å². The molecule has 0 spiro atoms. The lowest BCUT2D eigenvalue weighted by Gasteiger charge is -2.19. The van der Waals surface area contributed by atoms with E-state index >= 15 is 0 Å². The molecule has 2 heterocycles. The Morgan fingerprint density at radius 1 is 1.14 bits per heavy atom. The molecule has 0 bridgehead atoms. The molecule has 0 saturated heterocycles. The van der Waals surface area contributed by atoms with Gasteiger partial charge < -0.3 is 10.1 Å². The Morgan fingerprint density at radius 2 is 1.83 bits per heavy atom. The number of ether oxygens (including phenoxy) is 1. The summed E-state index contributed by atoms with van der Waals surface area (Å²) < 4.78 is 34.9. The zero-order valence-electron chi connectivity index (χ0n) is 19.8. The highest BCUT2D eigenvalue weighted by atomic mass is 32.2. The van der Waals surface area contributed by atoms with Crippen molar-refractivity contribution in [3.8, 4) is 10.9 Å². The van der Waals surface area contributed by atoms with Crippen LogP contribution in [0.4, 0.5) is 5.82 Å². The lowest BCUT2D eigenvalue weighted by Crippen LogP contribution is -2.31. The monoisotopic (exact) mass is 523 g/mol. The summed E-state index contributed by atoms with van der Waals surface area (Å²) in [6, 6.07) is 13.1. The number of amides is 1. The molecule has 2 aromatic heterocycles. The Bertz CT molecular complexity index is 1530. The Labute approximate surface area is 213 Å². The van der Waals surface area contributed by atoms with Gasteiger partial charge in [-0.05, 0) is 43.3 Å². The molecular weight excluding hydrogens is 498 g/mol. The van der Waals surface area contributed by atoms with Gasteiger partial charge in [-0.3, -0.25) is 4.79 Å². The molecule has 0 radical (unpaired) electrons. The van der Waals surface area contributed by atoms with E-state index in [-0.39, 0.29) is 18.0 Å². The second-order valence-corrected chi connectivity index (χ2v) is 10.7. The molecule has 1 N–H and O–H groups in total. The second-order valence-electron chi connectivity index (χ2n) is 7.79. The van der Waals surface area contributed by atoms with Gasteiger partial charge >= 0.3 is 0 Å². The number of nitrogens with one attached hydrogen (secondary N) is 1. The topological polar surface area (TPSA) is 106 Å². The normalized spacial score (nSPS) is 11.5. The van der Waals surface area contributed by atoms with Crippen molar-refractivity contribution in [2.45, 2.75) is 11.8 Å². The SMILES string of the molecule is C=CCN(CC=C)S(=O)(=O)c1ccc(C(=O)Nc2cc(C)nn2-c2nc3cc(OC)ccc3s2)cc1. The highest BCUT2D eigenvalue weighted by Gasteiger charge is 2.23. The van der Waals surface area contributed by atoms with Crippen molar-refractivity contribution < 1.29 is 17.9 Å². The third kappa shape index (κ3) is 5.08. The number of rotatable bonds is 10. The number of carbonyl (C=O) groups is 1. The molecule has 186 valence electrons. The van der Waals surface area contributed by atoms with Gasteiger partial charge in [0.15, 0.2) is 0 Å². The lowest BCUT2D eigenvalue weighted by molar-refractivity contribution is 0.102. The summed E-state index contributed by atoms with van der Waals surface area (Å²) >= 11 is 1.43. The van der Waals surface area contributed by atoms with Gasteiger partial charge in [0.1, 0.15) is 11.6 Å². The first-order chi connectivity index (χ1) is 17.3. The average molecular weight is 524 g/mol. The molecular formula is C25H25N5O4S2. The maximum atomic E-state index is 13.0. The Balaban J connectivity index is 1.58. The van der Waals surface area contributed by atoms with E-state index in [0.29, 0.717) is 28.0 Å². The van der Waals surface area contributed by atoms with Crippen LogP contribution < -0.4 is 10.1 Å². The first-order valence-electron chi connectivity index (χ1n) is 10.9. The van der Waals surface area contributed by atoms with E-state index in [2.05, 4.69) is 28.6 Å². The summed E-state index contributed by atoms with van der Waals surface area (Å²) in [5.74, 6) is 0.743. The zero-order valence-corrected chi connectivity index (χ0v) is 21.5. The highest BCUT2D eigenvalue weighted by Crippen LogP contribution is 2.30. The Hall–Kier alpha value is -3.80. The van der Waals surface area contributed by atoms with Gasteiger partial charge in [0, 0.05) is 30.8 Å². The zero-order chi connectivity index (χ0) is 25.9. The number of anilines is 1. The number of hydrogen-bond donors (Lipinski definition) is 1. The first kappa shape index (κ1) is 25.3. The van der Waals surface area contributed by atoms with Crippen LogP contribution in [0.1, 0.15) is 16.1 Å². The molecule has 9 nitrogen and oxygen atoms in total. The van der Waals surface area contributed by atoms with Gasteiger partial charge in [0.05, 0.1) is 27.9 Å². The number of benzene rings is 2. The molecule has 36 heavy (non-hydrogen) atoms. The second kappa shape index (κ2) is 10.4. The van der Waals surface area contributed by atoms with Crippen LogP contribution in [0.2, 0.25) is 0 Å². The molecule has 0 aliphatic rings. The summed E-state index contributed by atoms with van der Waals surface area (Å²) in [5, 5.41) is 7.93. The number of sulfonamides is 1. The summed E-state index contributed by atoms with van der Waals surface area (Å²) in [4.78, 5) is 17.7. The van der Waals surface area contributed by atoms with Gasteiger partial charge in [-0.1, -0.05) is 23.5 Å². The summed E-state index contributed by atoms with van der Waals surface area (Å²) in [5.41, 5.74) is 1.76. The molecule has 0 unspecified atom stereocenters. The highest BCUT2D eigenvalue weighted by molar-refractivity contribution is 7.89. The van der Waals surface area contributed by atoms with Crippen molar-refractivity contribution >= 4 is 43.3 Å². The van der Waals surface area contributed by atoms with Crippen molar-refractivity contribution in [3.63, 3.8) is 0 Å². The standard InChI is InChI=1S/C25H25N5O4S2/c1-5-13-29(14-6-2)36(32,33)20-10-7-18(8-11-20)24(31)27-23-15-17(3)28-30(23)25-26-21-16-19(34-4)9-12-22(21)35-25/h5-12,15-16H,1-2,13-14H2,3-4H3,(H,27,31). The fourth-order valence-electron chi connectivity index (χ4n) is 3.52. The van der Waals surface area contributed by atoms with E-state index in [1.54, 1.807) is 17.9 Å². The largest absolute Gasteiger partial charge is 0.497 e. The molecule has 2 aromatic carbocycles. The maximum absolute atomic E-state index is 13.0. The number of aryl methyl sites for hydroxylation is 1. The fraction of sp³-hybridized carbons (Fsp3) is 0.160. The minimum atomic E-state index is -3.75. The van der Waals surface area contributed by atoms with E-state index in [1.165, 1.54) is 52.1 Å². The number of methoxy groups -OCH3 is 1. The lowest BCUT2D eigenvalue weighted by atomic mass is 10.2. The minimum Gasteiger partial charge on any atom is -0.497 e. The smallest absolute Gasteiger partial charge is 0.256 e. The molecule has 0 aliphatic heterocycles. The molecule has 4 rings (SSSR count). The Kier molecular flexibility index (Phi) is 7.34. The quantitative estimate of drug-likeness (QED) is 0.309. The van der Waals surface area contributed by atoms with E-state index in [0.717, 1.165) is 10.2 Å². The number of hydrogen-bond acceptors (Lipinski definition) is 7. The third-order valence-electron chi connectivity index (χ3n) is 5.26. The van der Waals surface area contributed by atoms with Gasteiger partial charge in [0.25, 0.3) is 5.91 Å². The molecule has 0 aliphatic carbocycles. The third-order valence-corrected chi connectivity index (χ3v) is 8.12. The minimum absolute atomic E-state index is 0.0774. The summed E-state index contributed by atoms with van der Waals surface area (Å²) in [7, 11) is -2.16. The average Bonchev–Trinajstić information content (AvgIpc) is 3.46. The van der Waals surface area contributed by atoms with Crippen molar-refractivity contribution in [1.82, 2.24) is 19.1 Å². The first-order valence-corrected chi connectivity index (χ1v) is 13.2. The van der Waals surface area contributed by atoms with Crippen molar-refractivity contribution in [1.29, 1.82) is 0 Å². The van der Waals surface area contributed by atoms with Crippen LogP contribution in [-0.4, -0.2) is 53.6 Å². The van der Waals surface area contributed by atoms with Crippen LogP contribution in [0, 0.1) is 6.92 Å². The molecule has 0 atom stereocenters. The number of nitrogens with zero attached hydrogens (tertiary/aromatic N) is 4.